The van der Waals surface area contributed by atoms with Gasteiger partial charge >= 0.3 is 0 Å². The van der Waals surface area contributed by atoms with Gasteiger partial charge in [0, 0.05) is 56.7 Å². The molecule has 0 radical (unpaired) electrons. The van der Waals surface area contributed by atoms with E-state index in [1.807, 2.05) is 33.7 Å². The number of methoxy groups -OCH3 is 2. The number of pyridine rings is 1. The van der Waals surface area contributed by atoms with E-state index in [2.05, 4.69) is 5.32 Å². The molecular weight excluding hydrogens is 434 g/mol. The molecule has 8 heteroatoms. The fraction of sp³-hybridized carbons (Fsp3) is 0.500. The summed E-state index contributed by atoms with van der Waals surface area (Å²) >= 11 is 0. The third kappa shape index (κ3) is 5.26. The molecule has 2 aliphatic heterocycles. The summed E-state index contributed by atoms with van der Waals surface area (Å²) in [5.41, 5.74) is 2.05. The summed E-state index contributed by atoms with van der Waals surface area (Å²) < 4.78 is 12.6. The Morgan fingerprint density at radius 3 is 2.65 bits per heavy atom. The summed E-state index contributed by atoms with van der Waals surface area (Å²) in [6.07, 6.45) is 2.85. The van der Waals surface area contributed by atoms with Crippen LogP contribution in [0.5, 0.6) is 11.5 Å². The SMILES string of the molecule is COc1cccc(CCNC(=O)CCCC(=O)N2C[C@@H]3C[C@H](C2)c2cccc(=O)n2C3)c1OC. The number of carbonyl (C=O) groups is 2. The number of benzene rings is 1. The molecule has 1 N–H and O–H groups in total. The largest absolute Gasteiger partial charge is 0.493 e. The van der Waals surface area contributed by atoms with E-state index in [0.29, 0.717) is 69.3 Å². The molecule has 1 saturated heterocycles. The molecule has 1 aromatic heterocycles. The number of ether oxygens (including phenoxy) is 2. The molecule has 2 amide bonds. The Balaban J connectivity index is 1.21. The molecule has 0 aliphatic carbocycles. The number of fused-ring (bicyclic) bond motifs is 4. The topological polar surface area (TPSA) is 89.9 Å². The lowest BCUT2D eigenvalue weighted by molar-refractivity contribution is -0.134. The first-order valence-electron chi connectivity index (χ1n) is 11.9. The maximum absolute atomic E-state index is 12.8. The van der Waals surface area contributed by atoms with Gasteiger partial charge in [0.25, 0.3) is 5.56 Å². The average Bonchev–Trinajstić information content (AvgIpc) is 2.84. The van der Waals surface area contributed by atoms with Gasteiger partial charge in [0.05, 0.1) is 14.2 Å². The molecular formula is C26H33N3O5. The summed E-state index contributed by atoms with van der Waals surface area (Å²) in [6.45, 7) is 2.50. The molecule has 1 fully saturated rings. The lowest BCUT2D eigenvalue weighted by Crippen LogP contribution is -2.49. The number of piperidine rings is 1. The van der Waals surface area contributed by atoms with Gasteiger partial charge in [-0.2, -0.15) is 0 Å². The third-order valence-corrected chi connectivity index (χ3v) is 6.83. The van der Waals surface area contributed by atoms with Gasteiger partial charge in [-0.3, -0.25) is 14.4 Å². The number of nitrogens with one attached hydrogen (secondary N) is 1. The van der Waals surface area contributed by atoms with Gasteiger partial charge in [-0.1, -0.05) is 18.2 Å². The van der Waals surface area contributed by atoms with E-state index in [1.54, 1.807) is 26.4 Å². The van der Waals surface area contributed by atoms with E-state index in [-0.39, 0.29) is 23.3 Å². The van der Waals surface area contributed by atoms with E-state index in [0.717, 1.165) is 17.7 Å². The second-order valence-electron chi connectivity index (χ2n) is 9.10. The Labute approximate surface area is 199 Å². The van der Waals surface area contributed by atoms with E-state index in [4.69, 9.17) is 9.47 Å². The highest BCUT2D eigenvalue weighted by atomic mass is 16.5. The lowest BCUT2D eigenvalue weighted by atomic mass is 9.83. The zero-order chi connectivity index (χ0) is 24.1. The van der Waals surface area contributed by atoms with Crippen molar-refractivity contribution in [2.24, 2.45) is 5.92 Å². The van der Waals surface area contributed by atoms with Crippen LogP contribution < -0.4 is 20.3 Å². The number of likely N-dealkylation sites (tertiary alicyclic amines) is 1. The third-order valence-electron chi connectivity index (χ3n) is 6.83. The van der Waals surface area contributed by atoms with Crippen molar-refractivity contribution in [1.29, 1.82) is 0 Å². The number of nitrogens with zero attached hydrogens (tertiary/aromatic N) is 2. The van der Waals surface area contributed by atoms with Crippen LogP contribution in [0.25, 0.3) is 0 Å². The van der Waals surface area contributed by atoms with Gasteiger partial charge in [0.1, 0.15) is 0 Å². The number of hydrogen-bond acceptors (Lipinski definition) is 5. The first-order valence-corrected chi connectivity index (χ1v) is 11.9. The smallest absolute Gasteiger partial charge is 0.250 e. The van der Waals surface area contributed by atoms with E-state index < -0.39 is 0 Å². The molecule has 2 aromatic rings. The Hall–Kier alpha value is -3.29. The lowest BCUT2D eigenvalue weighted by Gasteiger charge is -2.42. The molecule has 4 rings (SSSR count). The summed E-state index contributed by atoms with van der Waals surface area (Å²) in [5, 5.41) is 2.93. The van der Waals surface area contributed by atoms with Crippen LogP contribution in [0.1, 0.15) is 42.9 Å². The van der Waals surface area contributed by atoms with Gasteiger partial charge in [-0.15, -0.1) is 0 Å². The Morgan fingerprint density at radius 2 is 1.85 bits per heavy atom. The quantitative estimate of drug-likeness (QED) is 0.612. The molecule has 2 bridgehead atoms. The molecule has 182 valence electrons. The second-order valence-corrected chi connectivity index (χ2v) is 9.10. The molecule has 34 heavy (non-hydrogen) atoms. The molecule has 0 spiro atoms. The summed E-state index contributed by atoms with van der Waals surface area (Å²) in [7, 11) is 3.20. The molecule has 2 aliphatic rings. The van der Waals surface area contributed by atoms with Crippen LogP contribution in [-0.2, 0) is 22.6 Å². The van der Waals surface area contributed by atoms with Crippen molar-refractivity contribution in [3.63, 3.8) is 0 Å². The highest BCUT2D eigenvalue weighted by Gasteiger charge is 2.35. The number of amides is 2. The molecule has 0 unspecified atom stereocenters. The van der Waals surface area contributed by atoms with Crippen LogP contribution in [0, 0.1) is 5.92 Å². The molecule has 1 aromatic carbocycles. The summed E-state index contributed by atoms with van der Waals surface area (Å²) in [4.78, 5) is 39.2. The highest BCUT2D eigenvalue weighted by Crippen LogP contribution is 2.35. The van der Waals surface area contributed by atoms with E-state index in [1.165, 1.54) is 0 Å². The van der Waals surface area contributed by atoms with E-state index >= 15 is 0 Å². The zero-order valence-electron chi connectivity index (χ0n) is 19.9. The fourth-order valence-corrected chi connectivity index (χ4v) is 5.23. The Bertz CT molecular complexity index is 1100. The monoisotopic (exact) mass is 467 g/mol. The number of rotatable bonds is 9. The second kappa shape index (κ2) is 10.8. The van der Waals surface area contributed by atoms with Crippen LogP contribution >= 0.6 is 0 Å². The zero-order valence-corrected chi connectivity index (χ0v) is 19.9. The number of para-hydroxylation sites is 1. The Morgan fingerprint density at radius 1 is 1.03 bits per heavy atom. The van der Waals surface area contributed by atoms with Crippen molar-refractivity contribution >= 4 is 11.8 Å². The first kappa shape index (κ1) is 23.9. The van der Waals surface area contributed by atoms with Crippen LogP contribution in [-0.4, -0.2) is 55.1 Å². The molecule has 0 saturated carbocycles. The van der Waals surface area contributed by atoms with Crippen LogP contribution in [0.15, 0.2) is 41.2 Å². The maximum Gasteiger partial charge on any atom is 0.250 e. The average molecular weight is 468 g/mol. The number of aromatic nitrogens is 1. The van der Waals surface area contributed by atoms with Gasteiger partial charge in [0.2, 0.25) is 11.8 Å². The minimum atomic E-state index is -0.0570. The van der Waals surface area contributed by atoms with Gasteiger partial charge < -0.3 is 24.3 Å². The van der Waals surface area contributed by atoms with Crippen LogP contribution in [0.3, 0.4) is 0 Å². The van der Waals surface area contributed by atoms with Crippen molar-refractivity contribution in [2.75, 3.05) is 33.9 Å². The summed E-state index contributed by atoms with van der Waals surface area (Å²) in [6, 6.07) is 11.1. The van der Waals surface area contributed by atoms with E-state index in [9.17, 15) is 14.4 Å². The Kier molecular flexibility index (Phi) is 7.55. The molecule has 2 atom stereocenters. The number of carbonyl (C=O) groups excluding carboxylic acids is 2. The van der Waals surface area contributed by atoms with Crippen LogP contribution in [0.4, 0.5) is 0 Å². The van der Waals surface area contributed by atoms with Gasteiger partial charge in [0.15, 0.2) is 11.5 Å². The number of hydrogen-bond donors (Lipinski definition) is 1. The normalized spacial score (nSPS) is 18.7. The molecule has 8 nitrogen and oxygen atoms in total. The van der Waals surface area contributed by atoms with Crippen molar-refractivity contribution in [3.05, 3.63) is 58.0 Å². The standard InChI is InChI=1S/C26H33N3O5/c1-33-22-8-3-6-19(26(22)34-2)12-13-27-23(30)9-5-10-24(31)28-15-18-14-20(17-28)21-7-4-11-25(32)29(21)16-18/h3-4,6-8,11,18,20H,5,9-10,12-17H2,1-2H3,(H,27,30)/t18-,20+/m0/s1. The van der Waals surface area contributed by atoms with Crippen LogP contribution in [0.2, 0.25) is 0 Å². The highest BCUT2D eigenvalue weighted by molar-refractivity contribution is 5.79. The maximum atomic E-state index is 12.8. The van der Waals surface area contributed by atoms with Gasteiger partial charge in [-0.05, 0) is 42.9 Å². The van der Waals surface area contributed by atoms with Crippen molar-refractivity contribution in [1.82, 2.24) is 14.8 Å². The predicted molar refractivity (Wildman–Crippen MR) is 128 cm³/mol. The van der Waals surface area contributed by atoms with Gasteiger partial charge in [-0.25, -0.2) is 0 Å². The first-order chi connectivity index (χ1) is 16.5. The minimum absolute atomic E-state index is 0.0443. The van der Waals surface area contributed by atoms with Crippen molar-refractivity contribution in [2.45, 2.75) is 44.6 Å². The minimum Gasteiger partial charge on any atom is -0.493 e. The summed E-state index contributed by atoms with van der Waals surface area (Å²) in [5.74, 6) is 1.91. The van der Waals surface area contributed by atoms with Crippen molar-refractivity contribution in [3.8, 4) is 11.5 Å². The molecule has 3 heterocycles. The predicted octanol–water partition coefficient (Wildman–Crippen LogP) is 2.34. The van der Waals surface area contributed by atoms with Crippen molar-refractivity contribution < 1.29 is 19.1 Å². The fourth-order valence-electron chi connectivity index (χ4n) is 5.23.